The van der Waals surface area contributed by atoms with Crippen LogP contribution >= 0.6 is 23.2 Å². The SMILES string of the molecule is Cc1cc(-c2cc(C)c(NC(=O)c3ccc(CCl)cc3)c(C)c2)cc(C)c1NC(=O)c1ccc(CCl)cc1. The Kier molecular flexibility index (Phi) is 8.55. The molecule has 38 heavy (non-hydrogen) atoms. The third-order valence-corrected chi connectivity index (χ3v) is 7.23. The van der Waals surface area contributed by atoms with E-state index in [9.17, 15) is 9.59 Å². The first-order valence-electron chi connectivity index (χ1n) is 12.4. The lowest BCUT2D eigenvalue weighted by atomic mass is 9.95. The highest BCUT2D eigenvalue weighted by Crippen LogP contribution is 2.33. The Labute approximate surface area is 234 Å². The fourth-order valence-corrected chi connectivity index (χ4v) is 4.87. The summed E-state index contributed by atoms with van der Waals surface area (Å²) in [6.45, 7) is 7.97. The second kappa shape index (κ2) is 11.8. The van der Waals surface area contributed by atoms with Gasteiger partial charge in [-0.1, -0.05) is 24.3 Å². The number of aryl methyl sites for hydroxylation is 4. The number of nitrogens with one attached hydrogen (secondary N) is 2. The third kappa shape index (κ3) is 6.09. The van der Waals surface area contributed by atoms with E-state index in [-0.39, 0.29) is 11.8 Å². The van der Waals surface area contributed by atoms with Crippen molar-refractivity contribution in [1.82, 2.24) is 0 Å². The van der Waals surface area contributed by atoms with Crippen LogP contribution in [0.3, 0.4) is 0 Å². The minimum absolute atomic E-state index is 0.158. The van der Waals surface area contributed by atoms with Gasteiger partial charge in [-0.25, -0.2) is 0 Å². The van der Waals surface area contributed by atoms with E-state index < -0.39 is 0 Å². The van der Waals surface area contributed by atoms with Gasteiger partial charge < -0.3 is 10.6 Å². The molecule has 0 fully saturated rings. The van der Waals surface area contributed by atoms with Gasteiger partial charge in [0.1, 0.15) is 0 Å². The number of halogens is 2. The molecule has 0 saturated heterocycles. The number of anilines is 2. The summed E-state index contributed by atoms with van der Waals surface area (Å²) < 4.78 is 0. The minimum Gasteiger partial charge on any atom is -0.322 e. The molecule has 0 aliphatic heterocycles. The van der Waals surface area contributed by atoms with Crippen LogP contribution in [0, 0.1) is 27.7 Å². The Bertz CT molecular complexity index is 1330. The Morgan fingerprint density at radius 3 is 1.11 bits per heavy atom. The molecule has 4 nitrogen and oxygen atoms in total. The van der Waals surface area contributed by atoms with E-state index in [1.165, 1.54) is 0 Å². The molecule has 194 valence electrons. The van der Waals surface area contributed by atoms with Gasteiger partial charge in [0, 0.05) is 34.3 Å². The van der Waals surface area contributed by atoms with Crippen molar-refractivity contribution >= 4 is 46.4 Å². The maximum absolute atomic E-state index is 12.8. The topological polar surface area (TPSA) is 58.2 Å². The molecule has 0 saturated carbocycles. The van der Waals surface area contributed by atoms with Crippen molar-refractivity contribution < 1.29 is 9.59 Å². The lowest BCUT2D eigenvalue weighted by Crippen LogP contribution is -2.14. The predicted molar refractivity (Wildman–Crippen MR) is 159 cm³/mol. The molecule has 0 aromatic heterocycles. The maximum Gasteiger partial charge on any atom is 0.255 e. The first-order chi connectivity index (χ1) is 18.2. The zero-order chi connectivity index (χ0) is 27.4. The van der Waals surface area contributed by atoms with Crippen LogP contribution in [-0.4, -0.2) is 11.8 Å². The van der Waals surface area contributed by atoms with Crippen molar-refractivity contribution in [2.75, 3.05) is 10.6 Å². The molecule has 0 unspecified atom stereocenters. The highest BCUT2D eigenvalue weighted by molar-refractivity contribution is 6.17. The van der Waals surface area contributed by atoms with Gasteiger partial charge >= 0.3 is 0 Å². The number of alkyl halides is 2. The Hall–Kier alpha value is -3.60. The molecule has 2 amide bonds. The molecule has 0 atom stereocenters. The van der Waals surface area contributed by atoms with E-state index in [4.69, 9.17) is 23.2 Å². The summed E-state index contributed by atoms with van der Waals surface area (Å²) in [5.74, 6) is 0.510. The van der Waals surface area contributed by atoms with E-state index in [1.54, 1.807) is 24.3 Å². The van der Waals surface area contributed by atoms with Gasteiger partial charge in [0.2, 0.25) is 0 Å². The van der Waals surface area contributed by atoms with Crippen molar-refractivity contribution in [3.8, 4) is 11.1 Å². The number of hydrogen-bond acceptors (Lipinski definition) is 2. The van der Waals surface area contributed by atoms with E-state index in [0.29, 0.717) is 22.9 Å². The van der Waals surface area contributed by atoms with Gasteiger partial charge in [-0.05, 0) is 121 Å². The number of carbonyl (C=O) groups excluding carboxylic acids is 2. The van der Waals surface area contributed by atoms with Gasteiger partial charge in [-0.3, -0.25) is 9.59 Å². The van der Waals surface area contributed by atoms with E-state index >= 15 is 0 Å². The van der Waals surface area contributed by atoms with Crippen LogP contribution < -0.4 is 10.6 Å². The molecule has 0 bridgehead atoms. The van der Waals surface area contributed by atoms with Crippen LogP contribution in [0.25, 0.3) is 11.1 Å². The van der Waals surface area contributed by atoms with Crippen LogP contribution in [0.4, 0.5) is 11.4 Å². The summed E-state index contributed by atoms with van der Waals surface area (Å²) in [5, 5.41) is 6.12. The van der Waals surface area contributed by atoms with Gasteiger partial charge in [0.15, 0.2) is 0 Å². The second-order valence-electron chi connectivity index (χ2n) is 9.54. The third-order valence-electron chi connectivity index (χ3n) is 6.62. The number of carbonyl (C=O) groups is 2. The molecule has 4 aromatic carbocycles. The number of hydrogen-bond donors (Lipinski definition) is 2. The molecular formula is C32H30Cl2N2O2. The smallest absolute Gasteiger partial charge is 0.255 e. The molecule has 0 heterocycles. The van der Waals surface area contributed by atoms with Crippen LogP contribution in [0.15, 0.2) is 72.8 Å². The highest BCUT2D eigenvalue weighted by atomic mass is 35.5. The molecule has 0 aliphatic carbocycles. The zero-order valence-electron chi connectivity index (χ0n) is 21.9. The summed E-state index contributed by atoms with van der Waals surface area (Å²) in [4.78, 5) is 25.7. The lowest BCUT2D eigenvalue weighted by molar-refractivity contribution is 0.101. The monoisotopic (exact) mass is 544 g/mol. The lowest BCUT2D eigenvalue weighted by Gasteiger charge is -2.17. The van der Waals surface area contributed by atoms with E-state index in [1.807, 2.05) is 52.0 Å². The predicted octanol–water partition coefficient (Wildman–Crippen LogP) is 8.57. The van der Waals surface area contributed by atoms with Crippen LogP contribution in [-0.2, 0) is 11.8 Å². The molecule has 6 heteroatoms. The first-order valence-corrected chi connectivity index (χ1v) is 13.4. The van der Waals surface area contributed by atoms with Gasteiger partial charge in [0.25, 0.3) is 11.8 Å². The Morgan fingerprint density at radius 2 is 0.842 bits per heavy atom. The van der Waals surface area contributed by atoms with Crippen molar-refractivity contribution in [1.29, 1.82) is 0 Å². The summed E-state index contributed by atoms with van der Waals surface area (Å²) >= 11 is 11.7. The number of rotatable bonds is 7. The van der Waals surface area contributed by atoms with E-state index in [0.717, 1.165) is 55.9 Å². The first kappa shape index (κ1) is 27.4. The summed E-state index contributed by atoms with van der Waals surface area (Å²) in [6.07, 6.45) is 0. The molecule has 2 N–H and O–H groups in total. The second-order valence-corrected chi connectivity index (χ2v) is 10.1. The maximum atomic E-state index is 12.8. The Balaban J connectivity index is 1.55. The van der Waals surface area contributed by atoms with Crippen molar-refractivity contribution in [3.05, 3.63) is 117 Å². The number of amides is 2. The van der Waals surface area contributed by atoms with Gasteiger partial charge in [-0.15, -0.1) is 23.2 Å². The summed E-state index contributed by atoms with van der Waals surface area (Å²) in [5.41, 5.74) is 10.7. The van der Waals surface area contributed by atoms with Gasteiger partial charge in [0.05, 0.1) is 0 Å². The van der Waals surface area contributed by atoms with Crippen LogP contribution in [0.1, 0.15) is 54.1 Å². The van der Waals surface area contributed by atoms with Crippen LogP contribution in [0.2, 0.25) is 0 Å². The molecule has 0 aliphatic rings. The van der Waals surface area contributed by atoms with Crippen molar-refractivity contribution in [2.24, 2.45) is 0 Å². The van der Waals surface area contributed by atoms with Gasteiger partial charge in [-0.2, -0.15) is 0 Å². The summed E-state index contributed by atoms with van der Waals surface area (Å²) in [7, 11) is 0. The van der Waals surface area contributed by atoms with E-state index in [2.05, 4.69) is 34.9 Å². The average molecular weight is 546 g/mol. The fraction of sp³-hybridized carbons (Fsp3) is 0.188. The zero-order valence-corrected chi connectivity index (χ0v) is 23.4. The molecule has 0 spiro atoms. The Morgan fingerprint density at radius 1 is 0.553 bits per heavy atom. The minimum atomic E-state index is -0.158. The van der Waals surface area contributed by atoms with Crippen LogP contribution in [0.5, 0.6) is 0 Å². The molecule has 4 rings (SSSR count). The summed E-state index contributed by atoms with van der Waals surface area (Å²) in [6, 6.07) is 22.9. The number of benzene rings is 4. The normalized spacial score (nSPS) is 10.8. The fourth-order valence-electron chi connectivity index (χ4n) is 4.52. The van der Waals surface area contributed by atoms with Crippen molar-refractivity contribution in [3.63, 3.8) is 0 Å². The standard InChI is InChI=1S/C32H30Cl2N2O2/c1-19-13-27(14-20(2)29(19)35-31(37)25-9-5-23(17-33)6-10-25)28-15-21(3)30(22(4)16-28)36-32(38)26-11-7-24(18-34)8-12-26/h5-16H,17-18H2,1-4H3,(H,35,37)(H,36,38). The largest absolute Gasteiger partial charge is 0.322 e. The highest BCUT2D eigenvalue weighted by Gasteiger charge is 2.15. The quantitative estimate of drug-likeness (QED) is 0.229. The molecular weight excluding hydrogens is 515 g/mol. The molecule has 0 radical (unpaired) electrons. The van der Waals surface area contributed by atoms with Crippen molar-refractivity contribution in [2.45, 2.75) is 39.5 Å². The molecule has 4 aromatic rings. The average Bonchev–Trinajstić information content (AvgIpc) is 2.92.